The Balaban J connectivity index is 2.66. The SMILES string of the molecule is Nc1c(Cl)cc(Cl)c2c1CCC[C@H]2N. The smallest absolute Gasteiger partial charge is 0.0653 e. The molecule has 0 bridgehead atoms. The van der Waals surface area contributed by atoms with Gasteiger partial charge in [-0.25, -0.2) is 0 Å². The molecule has 2 rings (SSSR count). The van der Waals surface area contributed by atoms with Crippen LogP contribution in [-0.2, 0) is 6.42 Å². The standard InChI is InChI=1S/C10H12Cl2N2/c11-6-4-7(12)10(14)5-2-1-3-8(13)9(5)6/h4,8H,1-3,13-14H2/t8-/m1/s1. The van der Waals surface area contributed by atoms with Crippen molar-refractivity contribution in [3.05, 3.63) is 27.2 Å². The van der Waals surface area contributed by atoms with E-state index in [1.54, 1.807) is 6.07 Å². The number of anilines is 1. The number of benzene rings is 1. The van der Waals surface area contributed by atoms with E-state index in [-0.39, 0.29) is 6.04 Å². The zero-order chi connectivity index (χ0) is 10.3. The van der Waals surface area contributed by atoms with Crippen molar-refractivity contribution in [3.8, 4) is 0 Å². The van der Waals surface area contributed by atoms with Gasteiger partial charge in [0, 0.05) is 11.1 Å². The lowest BCUT2D eigenvalue weighted by Gasteiger charge is -2.25. The number of hydrogen-bond acceptors (Lipinski definition) is 2. The molecule has 0 aliphatic heterocycles. The fourth-order valence-electron chi connectivity index (χ4n) is 2.01. The van der Waals surface area contributed by atoms with Gasteiger partial charge in [0.05, 0.1) is 10.7 Å². The van der Waals surface area contributed by atoms with Crippen LogP contribution < -0.4 is 11.5 Å². The van der Waals surface area contributed by atoms with E-state index in [0.29, 0.717) is 15.7 Å². The molecule has 1 atom stereocenters. The average molecular weight is 231 g/mol. The summed E-state index contributed by atoms with van der Waals surface area (Å²) < 4.78 is 0. The zero-order valence-corrected chi connectivity index (χ0v) is 9.20. The molecule has 14 heavy (non-hydrogen) atoms. The molecule has 1 aromatic rings. The third kappa shape index (κ3) is 1.48. The highest BCUT2D eigenvalue weighted by atomic mass is 35.5. The van der Waals surface area contributed by atoms with Crippen molar-refractivity contribution in [2.24, 2.45) is 5.73 Å². The lowest BCUT2D eigenvalue weighted by molar-refractivity contribution is 0.572. The predicted molar refractivity (Wildman–Crippen MR) is 60.7 cm³/mol. The third-order valence-corrected chi connectivity index (χ3v) is 3.36. The molecular formula is C10H12Cl2N2. The second kappa shape index (κ2) is 3.61. The Labute approximate surface area is 93.2 Å². The summed E-state index contributed by atoms with van der Waals surface area (Å²) in [5, 5.41) is 1.18. The van der Waals surface area contributed by atoms with Gasteiger partial charge in [0.25, 0.3) is 0 Å². The molecule has 0 spiro atoms. The van der Waals surface area contributed by atoms with Crippen LogP contribution in [0.25, 0.3) is 0 Å². The maximum atomic E-state index is 6.09. The zero-order valence-electron chi connectivity index (χ0n) is 7.69. The number of halogens is 2. The summed E-state index contributed by atoms with van der Waals surface area (Å²) in [6.07, 6.45) is 2.94. The molecule has 4 N–H and O–H groups in total. The highest BCUT2D eigenvalue weighted by Gasteiger charge is 2.23. The quantitative estimate of drug-likeness (QED) is 0.674. The van der Waals surface area contributed by atoms with Crippen LogP contribution in [0.2, 0.25) is 10.0 Å². The molecule has 0 amide bonds. The molecular weight excluding hydrogens is 219 g/mol. The average Bonchev–Trinajstić information content (AvgIpc) is 2.14. The summed E-state index contributed by atoms with van der Waals surface area (Å²) >= 11 is 12.0. The van der Waals surface area contributed by atoms with Crippen LogP contribution in [0.1, 0.15) is 30.0 Å². The number of nitrogen functional groups attached to an aromatic ring is 1. The van der Waals surface area contributed by atoms with Crippen LogP contribution in [0, 0.1) is 0 Å². The van der Waals surface area contributed by atoms with Gasteiger partial charge in [-0.1, -0.05) is 23.2 Å². The molecule has 4 heteroatoms. The van der Waals surface area contributed by atoms with Crippen LogP contribution in [0.5, 0.6) is 0 Å². The summed E-state index contributed by atoms with van der Waals surface area (Å²) in [4.78, 5) is 0. The number of rotatable bonds is 0. The lowest BCUT2D eigenvalue weighted by atomic mass is 9.87. The van der Waals surface area contributed by atoms with Crippen molar-refractivity contribution >= 4 is 28.9 Å². The van der Waals surface area contributed by atoms with Crippen molar-refractivity contribution in [2.75, 3.05) is 5.73 Å². The summed E-state index contributed by atoms with van der Waals surface area (Å²) in [5.41, 5.74) is 14.5. The molecule has 0 aromatic heterocycles. The Hall–Kier alpha value is -0.440. The molecule has 1 aliphatic rings. The van der Waals surface area contributed by atoms with Crippen molar-refractivity contribution in [1.29, 1.82) is 0 Å². The summed E-state index contributed by atoms with van der Waals surface area (Å²) in [7, 11) is 0. The van der Waals surface area contributed by atoms with Gasteiger partial charge >= 0.3 is 0 Å². The van der Waals surface area contributed by atoms with E-state index in [9.17, 15) is 0 Å². The number of nitrogens with two attached hydrogens (primary N) is 2. The van der Waals surface area contributed by atoms with Gasteiger partial charge < -0.3 is 11.5 Å². The van der Waals surface area contributed by atoms with E-state index in [2.05, 4.69) is 0 Å². The summed E-state index contributed by atoms with van der Waals surface area (Å²) in [5.74, 6) is 0. The molecule has 1 aromatic carbocycles. The second-order valence-corrected chi connectivity index (χ2v) is 4.46. The fraction of sp³-hybridized carbons (Fsp3) is 0.400. The molecule has 0 fully saturated rings. The molecule has 0 saturated heterocycles. The van der Waals surface area contributed by atoms with Crippen molar-refractivity contribution < 1.29 is 0 Å². The van der Waals surface area contributed by atoms with Crippen molar-refractivity contribution in [1.82, 2.24) is 0 Å². The monoisotopic (exact) mass is 230 g/mol. The summed E-state index contributed by atoms with van der Waals surface area (Å²) in [6, 6.07) is 1.69. The first-order valence-electron chi connectivity index (χ1n) is 4.63. The van der Waals surface area contributed by atoms with Crippen LogP contribution in [0.3, 0.4) is 0 Å². The van der Waals surface area contributed by atoms with Gasteiger partial charge in [-0.15, -0.1) is 0 Å². The molecule has 0 radical (unpaired) electrons. The normalized spacial score (nSPS) is 20.6. The van der Waals surface area contributed by atoms with E-state index in [4.69, 9.17) is 34.7 Å². The first-order chi connectivity index (χ1) is 6.61. The first kappa shape index (κ1) is 10.1. The number of fused-ring (bicyclic) bond motifs is 1. The molecule has 2 nitrogen and oxygen atoms in total. The van der Waals surface area contributed by atoms with E-state index in [1.165, 1.54) is 0 Å². The largest absolute Gasteiger partial charge is 0.397 e. The van der Waals surface area contributed by atoms with Crippen LogP contribution >= 0.6 is 23.2 Å². The van der Waals surface area contributed by atoms with E-state index >= 15 is 0 Å². The second-order valence-electron chi connectivity index (χ2n) is 3.64. The maximum Gasteiger partial charge on any atom is 0.0653 e. The van der Waals surface area contributed by atoms with E-state index < -0.39 is 0 Å². The van der Waals surface area contributed by atoms with Crippen LogP contribution in [0.4, 0.5) is 5.69 Å². The Morgan fingerprint density at radius 3 is 2.71 bits per heavy atom. The molecule has 0 heterocycles. The van der Waals surface area contributed by atoms with Gasteiger partial charge in [0.1, 0.15) is 0 Å². The minimum atomic E-state index is 0.00539. The third-order valence-electron chi connectivity index (χ3n) is 2.73. The highest BCUT2D eigenvalue weighted by molar-refractivity contribution is 6.37. The minimum absolute atomic E-state index is 0.00539. The Bertz CT molecular complexity index is 377. The van der Waals surface area contributed by atoms with Gasteiger partial charge in [0.15, 0.2) is 0 Å². The van der Waals surface area contributed by atoms with Gasteiger partial charge in [-0.05, 0) is 36.5 Å². The molecule has 76 valence electrons. The molecule has 0 unspecified atom stereocenters. The predicted octanol–water partition coefficient (Wildman–Crippen LogP) is 2.91. The highest BCUT2D eigenvalue weighted by Crippen LogP contribution is 2.40. The van der Waals surface area contributed by atoms with Crippen LogP contribution in [-0.4, -0.2) is 0 Å². The fourth-order valence-corrected chi connectivity index (χ4v) is 2.66. The Morgan fingerprint density at radius 1 is 1.29 bits per heavy atom. The Kier molecular flexibility index (Phi) is 2.60. The molecule has 1 aliphatic carbocycles. The summed E-state index contributed by atoms with van der Waals surface area (Å²) in [6.45, 7) is 0. The van der Waals surface area contributed by atoms with Gasteiger partial charge in [-0.2, -0.15) is 0 Å². The first-order valence-corrected chi connectivity index (χ1v) is 5.38. The number of hydrogen-bond donors (Lipinski definition) is 2. The van der Waals surface area contributed by atoms with Gasteiger partial charge in [0.2, 0.25) is 0 Å². The van der Waals surface area contributed by atoms with E-state index in [1.807, 2.05) is 0 Å². The van der Waals surface area contributed by atoms with Crippen molar-refractivity contribution in [2.45, 2.75) is 25.3 Å². The molecule has 0 saturated carbocycles. The topological polar surface area (TPSA) is 52.0 Å². The lowest BCUT2D eigenvalue weighted by Crippen LogP contribution is -2.19. The van der Waals surface area contributed by atoms with Crippen molar-refractivity contribution in [3.63, 3.8) is 0 Å². The van der Waals surface area contributed by atoms with Gasteiger partial charge in [-0.3, -0.25) is 0 Å². The Morgan fingerprint density at radius 2 is 2.00 bits per heavy atom. The van der Waals surface area contributed by atoms with E-state index in [0.717, 1.165) is 30.4 Å². The minimum Gasteiger partial charge on any atom is -0.397 e. The van der Waals surface area contributed by atoms with Crippen LogP contribution in [0.15, 0.2) is 6.07 Å². The maximum absolute atomic E-state index is 6.09.